The number of pyridine rings is 1. The molecule has 1 fully saturated rings. The standard InChI is InChI=1S/C28H27F2N5O3/c1-3-19-13-24(27(36)34-10-6-4-5-7-16(34)2)32-25-14-23(33-35(19)25)20-9-8-17(11-21(20)29)18-12-22(30)26(28(37)38)31-15-18/h8-9,11-16H,3-7,10H2,1-2H3,(H,37,38). The number of hydrogen-bond acceptors (Lipinski definition) is 5. The van der Waals surface area contributed by atoms with E-state index in [0.717, 1.165) is 37.4 Å². The van der Waals surface area contributed by atoms with Crippen molar-refractivity contribution in [2.45, 2.75) is 52.0 Å². The number of aryl methyl sites for hydroxylation is 1. The number of halogens is 2. The summed E-state index contributed by atoms with van der Waals surface area (Å²) in [4.78, 5) is 34.5. The molecule has 0 radical (unpaired) electrons. The van der Waals surface area contributed by atoms with Gasteiger partial charge >= 0.3 is 5.97 Å². The predicted octanol–water partition coefficient (Wildman–Crippen LogP) is 5.40. The fourth-order valence-corrected chi connectivity index (χ4v) is 4.91. The predicted molar refractivity (Wildman–Crippen MR) is 137 cm³/mol. The Morgan fingerprint density at radius 2 is 1.84 bits per heavy atom. The number of likely N-dealkylation sites (tertiary alicyclic amines) is 1. The van der Waals surface area contributed by atoms with Gasteiger partial charge in [-0.2, -0.15) is 5.10 Å². The molecule has 1 amide bonds. The summed E-state index contributed by atoms with van der Waals surface area (Å²) < 4.78 is 30.9. The molecular formula is C28H27F2N5O3. The Hall–Kier alpha value is -4.21. The topological polar surface area (TPSA) is 101 Å². The van der Waals surface area contributed by atoms with Crippen molar-refractivity contribution in [3.8, 4) is 22.4 Å². The molecule has 0 saturated carbocycles. The number of carboxylic acid groups (broad SMARTS) is 1. The quantitative estimate of drug-likeness (QED) is 0.379. The first-order chi connectivity index (χ1) is 18.3. The molecule has 5 rings (SSSR count). The first kappa shape index (κ1) is 25.4. The second kappa shape index (κ2) is 10.3. The van der Waals surface area contributed by atoms with Crippen LogP contribution < -0.4 is 0 Å². The average Bonchev–Trinajstić information content (AvgIpc) is 3.21. The van der Waals surface area contributed by atoms with Gasteiger partial charge in [0.25, 0.3) is 5.91 Å². The van der Waals surface area contributed by atoms with Gasteiger partial charge in [-0.05, 0) is 56.0 Å². The van der Waals surface area contributed by atoms with E-state index in [1.54, 1.807) is 22.7 Å². The first-order valence-corrected chi connectivity index (χ1v) is 12.7. The van der Waals surface area contributed by atoms with E-state index in [-0.39, 0.29) is 23.1 Å². The van der Waals surface area contributed by atoms with E-state index in [1.165, 1.54) is 18.3 Å². The maximum atomic E-state index is 15.2. The van der Waals surface area contributed by atoms with Crippen LogP contribution >= 0.6 is 0 Å². The number of amides is 1. The minimum atomic E-state index is -1.48. The largest absolute Gasteiger partial charge is 0.476 e. The van der Waals surface area contributed by atoms with Crippen molar-refractivity contribution >= 4 is 17.5 Å². The molecule has 3 aromatic heterocycles. The molecule has 8 nitrogen and oxygen atoms in total. The van der Waals surface area contributed by atoms with Crippen LogP contribution in [0.15, 0.2) is 42.6 Å². The Morgan fingerprint density at radius 3 is 2.55 bits per heavy atom. The third-order valence-electron chi connectivity index (χ3n) is 7.02. The minimum Gasteiger partial charge on any atom is -0.476 e. The highest BCUT2D eigenvalue weighted by molar-refractivity contribution is 5.93. The van der Waals surface area contributed by atoms with Crippen molar-refractivity contribution in [1.29, 1.82) is 0 Å². The van der Waals surface area contributed by atoms with Gasteiger partial charge in [-0.15, -0.1) is 0 Å². The Kier molecular flexibility index (Phi) is 6.88. The summed E-state index contributed by atoms with van der Waals surface area (Å²) >= 11 is 0. The third kappa shape index (κ3) is 4.73. The minimum absolute atomic E-state index is 0.107. The van der Waals surface area contributed by atoms with Gasteiger partial charge < -0.3 is 10.0 Å². The molecule has 1 atom stereocenters. The van der Waals surface area contributed by atoms with E-state index in [9.17, 15) is 14.0 Å². The monoisotopic (exact) mass is 519 g/mol. The fraction of sp³-hybridized carbons (Fsp3) is 0.321. The van der Waals surface area contributed by atoms with E-state index in [1.807, 2.05) is 11.8 Å². The summed E-state index contributed by atoms with van der Waals surface area (Å²) in [5, 5.41) is 13.5. The second-order valence-electron chi connectivity index (χ2n) is 9.54. The number of aromatic nitrogens is 4. The van der Waals surface area contributed by atoms with Crippen molar-refractivity contribution in [3.63, 3.8) is 0 Å². The van der Waals surface area contributed by atoms with Crippen LogP contribution in [0.5, 0.6) is 0 Å². The number of aromatic carboxylic acids is 1. The lowest BCUT2D eigenvalue weighted by molar-refractivity contribution is 0.0678. The van der Waals surface area contributed by atoms with Gasteiger partial charge in [-0.3, -0.25) is 4.79 Å². The molecule has 38 heavy (non-hydrogen) atoms. The molecule has 0 bridgehead atoms. The molecule has 1 N–H and O–H groups in total. The Morgan fingerprint density at radius 1 is 1.05 bits per heavy atom. The lowest BCUT2D eigenvalue weighted by Crippen LogP contribution is -2.38. The van der Waals surface area contributed by atoms with E-state index >= 15 is 4.39 Å². The molecular weight excluding hydrogens is 492 g/mol. The van der Waals surface area contributed by atoms with Gasteiger partial charge in [-0.1, -0.05) is 25.8 Å². The van der Waals surface area contributed by atoms with Crippen molar-refractivity contribution in [2.75, 3.05) is 6.54 Å². The van der Waals surface area contributed by atoms with Gasteiger partial charge in [-0.25, -0.2) is 28.1 Å². The number of carbonyl (C=O) groups excluding carboxylic acids is 1. The van der Waals surface area contributed by atoms with Crippen LogP contribution in [0.2, 0.25) is 0 Å². The lowest BCUT2D eigenvalue weighted by atomic mass is 10.0. The van der Waals surface area contributed by atoms with E-state index in [2.05, 4.69) is 22.0 Å². The lowest BCUT2D eigenvalue weighted by Gasteiger charge is -2.27. The number of hydrogen-bond donors (Lipinski definition) is 1. The number of rotatable bonds is 5. The summed E-state index contributed by atoms with van der Waals surface area (Å²) in [5.41, 5.74) is 2.02. The smallest absolute Gasteiger partial charge is 0.357 e. The summed E-state index contributed by atoms with van der Waals surface area (Å²) in [6.45, 7) is 4.72. The summed E-state index contributed by atoms with van der Waals surface area (Å²) in [6.07, 6.45) is 5.93. The molecule has 4 aromatic rings. The van der Waals surface area contributed by atoms with Crippen molar-refractivity contribution in [2.24, 2.45) is 0 Å². The zero-order valence-corrected chi connectivity index (χ0v) is 21.1. The SMILES string of the molecule is CCc1cc(C(=O)N2CCCCCC2C)nc2cc(-c3ccc(-c4cnc(C(=O)O)c(F)c4)cc3F)nn12. The molecule has 1 aliphatic heterocycles. The number of carboxylic acids is 1. The van der Waals surface area contributed by atoms with E-state index in [0.29, 0.717) is 35.6 Å². The normalized spacial score (nSPS) is 16.0. The molecule has 0 spiro atoms. The number of carbonyl (C=O) groups is 2. The molecule has 10 heteroatoms. The zero-order chi connectivity index (χ0) is 27.0. The van der Waals surface area contributed by atoms with Crippen LogP contribution in [-0.2, 0) is 6.42 Å². The second-order valence-corrected chi connectivity index (χ2v) is 9.54. The van der Waals surface area contributed by atoms with Gasteiger partial charge in [0.15, 0.2) is 17.2 Å². The van der Waals surface area contributed by atoms with Crippen LogP contribution in [0.3, 0.4) is 0 Å². The molecule has 1 unspecified atom stereocenters. The Labute approximate surface area is 218 Å². The fourth-order valence-electron chi connectivity index (χ4n) is 4.91. The van der Waals surface area contributed by atoms with Crippen molar-refractivity contribution < 1.29 is 23.5 Å². The van der Waals surface area contributed by atoms with E-state index in [4.69, 9.17) is 5.11 Å². The summed E-state index contributed by atoms with van der Waals surface area (Å²) in [7, 11) is 0. The number of nitrogens with zero attached hydrogens (tertiary/aromatic N) is 5. The molecule has 4 heterocycles. The van der Waals surface area contributed by atoms with Crippen molar-refractivity contribution in [1.82, 2.24) is 24.5 Å². The van der Waals surface area contributed by atoms with Crippen LogP contribution in [-0.4, -0.2) is 54.1 Å². The van der Waals surface area contributed by atoms with Crippen LogP contribution in [0.1, 0.15) is 66.2 Å². The molecule has 1 aliphatic rings. The third-order valence-corrected chi connectivity index (χ3v) is 7.02. The number of benzene rings is 1. The maximum Gasteiger partial charge on any atom is 0.357 e. The summed E-state index contributed by atoms with van der Waals surface area (Å²) in [5.74, 6) is -3.18. The van der Waals surface area contributed by atoms with Gasteiger partial charge in [0.05, 0.1) is 5.69 Å². The highest BCUT2D eigenvalue weighted by atomic mass is 19.1. The van der Waals surface area contributed by atoms with Crippen molar-refractivity contribution in [3.05, 3.63) is 71.3 Å². The Balaban J connectivity index is 1.49. The van der Waals surface area contributed by atoms with Crippen LogP contribution in [0, 0.1) is 11.6 Å². The average molecular weight is 520 g/mol. The molecule has 0 aliphatic carbocycles. The molecule has 1 saturated heterocycles. The molecule has 196 valence electrons. The van der Waals surface area contributed by atoms with Crippen LogP contribution in [0.25, 0.3) is 28.0 Å². The number of fused-ring (bicyclic) bond motifs is 1. The first-order valence-electron chi connectivity index (χ1n) is 12.7. The van der Waals surface area contributed by atoms with Gasteiger partial charge in [0.2, 0.25) is 0 Å². The van der Waals surface area contributed by atoms with Crippen LogP contribution in [0.4, 0.5) is 8.78 Å². The Bertz CT molecular complexity index is 1550. The zero-order valence-electron chi connectivity index (χ0n) is 21.1. The maximum absolute atomic E-state index is 15.2. The highest BCUT2D eigenvalue weighted by Crippen LogP contribution is 2.29. The highest BCUT2D eigenvalue weighted by Gasteiger charge is 2.25. The van der Waals surface area contributed by atoms with Gasteiger partial charge in [0.1, 0.15) is 11.5 Å². The molecule has 1 aromatic carbocycles. The van der Waals surface area contributed by atoms with Gasteiger partial charge in [0, 0.05) is 41.7 Å². The summed E-state index contributed by atoms with van der Waals surface area (Å²) in [6, 6.07) is 8.88. The van der Waals surface area contributed by atoms with E-state index < -0.39 is 23.3 Å².